The Kier molecular flexibility index (Phi) is 4.49. The predicted octanol–water partition coefficient (Wildman–Crippen LogP) is 0.532. The summed E-state index contributed by atoms with van der Waals surface area (Å²) in [7, 11) is -0.330. The van der Waals surface area contributed by atoms with Crippen LogP contribution in [0, 0.1) is 0 Å². The number of nitrogens with zero attached hydrogens (tertiary/aromatic N) is 2. The van der Waals surface area contributed by atoms with E-state index >= 15 is 0 Å². The minimum absolute atomic E-state index is 0.125. The molecule has 0 aliphatic rings. The molecule has 21 heavy (non-hydrogen) atoms. The fourth-order valence-corrected chi connectivity index (χ4v) is 2.92. The smallest absolute Gasteiger partial charge is 0.240 e. The number of nitrogen functional groups attached to an aromatic ring is 1. The third-order valence-corrected chi connectivity index (χ3v) is 4.44. The highest BCUT2D eigenvalue weighted by Crippen LogP contribution is 2.24. The molecule has 3 N–H and O–H groups in total. The predicted molar refractivity (Wildman–Crippen MR) is 79.5 cm³/mol. The topological polar surface area (TPSA) is 99.2 Å². The second-order valence-corrected chi connectivity index (χ2v) is 6.34. The summed E-state index contributed by atoms with van der Waals surface area (Å²) in [5, 5.41) is 4.03. The van der Waals surface area contributed by atoms with Crippen LogP contribution in [0.15, 0.2) is 35.5 Å². The number of anilines is 1. The van der Waals surface area contributed by atoms with Crippen molar-refractivity contribution in [3.8, 4) is 5.75 Å². The summed E-state index contributed by atoms with van der Waals surface area (Å²) in [5.74, 6) is 0.338. The number of hydrogen-bond donors (Lipinski definition) is 2. The molecule has 1 heterocycles. The van der Waals surface area contributed by atoms with Crippen molar-refractivity contribution in [2.45, 2.75) is 11.3 Å². The minimum atomic E-state index is -3.59. The molecule has 2 rings (SSSR count). The first-order valence-corrected chi connectivity index (χ1v) is 7.81. The van der Waals surface area contributed by atoms with Gasteiger partial charge in [-0.1, -0.05) is 0 Å². The molecule has 1 aromatic carbocycles. The van der Waals surface area contributed by atoms with Gasteiger partial charge in [0.15, 0.2) is 0 Å². The first-order chi connectivity index (χ1) is 9.92. The van der Waals surface area contributed by atoms with E-state index in [-0.39, 0.29) is 4.90 Å². The molecule has 0 saturated carbocycles. The maximum Gasteiger partial charge on any atom is 0.240 e. The summed E-state index contributed by atoms with van der Waals surface area (Å²) in [6, 6.07) is 4.36. The van der Waals surface area contributed by atoms with Gasteiger partial charge in [-0.2, -0.15) is 5.10 Å². The van der Waals surface area contributed by atoms with Crippen molar-refractivity contribution >= 4 is 15.7 Å². The molecule has 1 aromatic heterocycles. The van der Waals surface area contributed by atoms with E-state index in [0.717, 1.165) is 5.56 Å². The highest BCUT2D eigenvalue weighted by Gasteiger charge is 2.15. The highest BCUT2D eigenvalue weighted by molar-refractivity contribution is 7.89. The minimum Gasteiger partial charge on any atom is -0.495 e. The molecular weight excluding hydrogens is 292 g/mol. The van der Waals surface area contributed by atoms with Crippen LogP contribution in [0.2, 0.25) is 0 Å². The Bertz CT molecular complexity index is 725. The number of ether oxygens (including phenoxy) is 1. The summed E-state index contributed by atoms with van der Waals surface area (Å²) in [6.45, 7) is 0.292. The lowest BCUT2D eigenvalue weighted by Crippen LogP contribution is -2.26. The van der Waals surface area contributed by atoms with E-state index in [9.17, 15) is 8.42 Å². The SMILES string of the molecule is COc1cc(S(=O)(=O)NCCc2cnn(C)c2)ccc1N. The van der Waals surface area contributed by atoms with Crippen molar-refractivity contribution in [3.63, 3.8) is 0 Å². The van der Waals surface area contributed by atoms with E-state index in [2.05, 4.69) is 9.82 Å². The third-order valence-electron chi connectivity index (χ3n) is 2.98. The molecular formula is C13H18N4O3S. The van der Waals surface area contributed by atoms with Gasteiger partial charge in [0, 0.05) is 25.9 Å². The Morgan fingerprint density at radius 2 is 2.19 bits per heavy atom. The Morgan fingerprint density at radius 1 is 1.43 bits per heavy atom. The van der Waals surface area contributed by atoms with Crippen LogP contribution in [0.4, 0.5) is 5.69 Å². The highest BCUT2D eigenvalue weighted by atomic mass is 32.2. The molecule has 0 amide bonds. The van der Waals surface area contributed by atoms with Crippen LogP contribution >= 0.6 is 0 Å². The normalized spacial score (nSPS) is 11.5. The number of rotatable bonds is 6. The third kappa shape index (κ3) is 3.73. The molecule has 7 nitrogen and oxygen atoms in total. The first-order valence-electron chi connectivity index (χ1n) is 6.33. The molecule has 0 fully saturated rings. The Labute approximate surface area is 123 Å². The quantitative estimate of drug-likeness (QED) is 0.758. The molecule has 0 spiro atoms. The van der Waals surface area contributed by atoms with E-state index in [4.69, 9.17) is 10.5 Å². The molecule has 8 heteroatoms. The number of sulfonamides is 1. The van der Waals surface area contributed by atoms with Gasteiger partial charge in [0.05, 0.1) is 23.9 Å². The van der Waals surface area contributed by atoms with E-state index in [1.807, 2.05) is 13.2 Å². The molecule has 2 aromatic rings. The van der Waals surface area contributed by atoms with Gasteiger partial charge in [-0.05, 0) is 24.1 Å². The molecule has 114 valence electrons. The van der Waals surface area contributed by atoms with Crippen LogP contribution in [0.25, 0.3) is 0 Å². The fourth-order valence-electron chi connectivity index (χ4n) is 1.87. The maximum atomic E-state index is 12.2. The van der Waals surface area contributed by atoms with E-state index in [1.165, 1.54) is 25.3 Å². The van der Waals surface area contributed by atoms with Gasteiger partial charge < -0.3 is 10.5 Å². The van der Waals surface area contributed by atoms with Crippen LogP contribution in [-0.2, 0) is 23.5 Å². The Morgan fingerprint density at radius 3 is 2.81 bits per heavy atom. The van der Waals surface area contributed by atoms with Crippen molar-refractivity contribution in [1.29, 1.82) is 0 Å². The molecule has 0 saturated heterocycles. The monoisotopic (exact) mass is 310 g/mol. The number of hydrogen-bond acceptors (Lipinski definition) is 5. The number of benzene rings is 1. The zero-order valence-electron chi connectivity index (χ0n) is 11.9. The van der Waals surface area contributed by atoms with Crippen LogP contribution in [-0.4, -0.2) is 31.9 Å². The summed E-state index contributed by atoms with van der Waals surface area (Å²) in [6.07, 6.45) is 4.13. The lowest BCUT2D eigenvalue weighted by Gasteiger charge is -2.09. The second kappa shape index (κ2) is 6.15. The molecule has 0 aliphatic heterocycles. The average Bonchev–Trinajstić information content (AvgIpc) is 2.84. The van der Waals surface area contributed by atoms with Crippen molar-refractivity contribution in [2.75, 3.05) is 19.4 Å². The number of aromatic nitrogens is 2. The van der Waals surface area contributed by atoms with Crippen LogP contribution in [0.5, 0.6) is 5.75 Å². The Balaban J connectivity index is 2.04. The van der Waals surface area contributed by atoms with Crippen LogP contribution < -0.4 is 15.2 Å². The van der Waals surface area contributed by atoms with Gasteiger partial charge in [0.2, 0.25) is 10.0 Å². The molecule has 0 atom stereocenters. The van der Waals surface area contributed by atoms with Crippen molar-refractivity contribution < 1.29 is 13.2 Å². The first kappa shape index (κ1) is 15.3. The van der Waals surface area contributed by atoms with Gasteiger partial charge in [0.25, 0.3) is 0 Å². The molecule has 0 radical (unpaired) electrons. The summed E-state index contributed by atoms with van der Waals surface area (Å²) in [5.41, 5.74) is 7.04. The average molecular weight is 310 g/mol. The number of nitrogens with one attached hydrogen (secondary N) is 1. The van der Waals surface area contributed by atoms with E-state index < -0.39 is 10.0 Å². The molecule has 0 bridgehead atoms. The molecule has 0 unspecified atom stereocenters. The fraction of sp³-hybridized carbons (Fsp3) is 0.308. The summed E-state index contributed by atoms with van der Waals surface area (Å²) < 4.78 is 33.6. The van der Waals surface area contributed by atoms with Gasteiger partial charge in [0.1, 0.15) is 5.75 Å². The zero-order valence-corrected chi connectivity index (χ0v) is 12.7. The largest absolute Gasteiger partial charge is 0.495 e. The lowest BCUT2D eigenvalue weighted by atomic mass is 10.3. The summed E-state index contributed by atoms with van der Waals surface area (Å²) in [4.78, 5) is 0.125. The van der Waals surface area contributed by atoms with Gasteiger partial charge in [-0.25, -0.2) is 13.1 Å². The van der Waals surface area contributed by atoms with Crippen molar-refractivity contribution in [3.05, 3.63) is 36.2 Å². The number of methoxy groups -OCH3 is 1. The van der Waals surface area contributed by atoms with Crippen molar-refractivity contribution in [1.82, 2.24) is 14.5 Å². The number of nitrogens with two attached hydrogens (primary N) is 1. The van der Waals surface area contributed by atoms with Crippen molar-refractivity contribution in [2.24, 2.45) is 7.05 Å². The van der Waals surface area contributed by atoms with E-state index in [0.29, 0.717) is 24.4 Å². The van der Waals surface area contributed by atoms with Crippen LogP contribution in [0.3, 0.4) is 0 Å². The molecule has 0 aliphatic carbocycles. The lowest BCUT2D eigenvalue weighted by molar-refractivity contribution is 0.415. The maximum absolute atomic E-state index is 12.2. The summed E-state index contributed by atoms with van der Waals surface area (Å²) >= 11 is 0. The van der Waals surface area contributed by atoms with Gasteiger partial charge in [-0.3, -0.25) is 4.68 Å². The van der Waals surface area contributed by atoms with Gasteiger partial charge >= 0.3 is 0 Å². The van der Waals surface area contributed by atoms with Crippen LogP contribution in [0.1, 0.15) is 5.56 Å². The standard InChI is InChI=1S/C13H18N4O3S/c1-17-9-10(8-15-17)5-6-16-21(18,19)11-3-4-12(14)13(7-11)20-2/h3-4,7-9,16H,5-6,14H2,1-2H3. The van der Waals surface area contributed by atoms with Gasteiger partial charge in [-0.15, -0.1) is 0 Å². The van der Waals surface area contributed by atoms with E-state index in [1.54, 1.807) is 10.9 Å². The Hall–Kier alpha value is -2.06. The number of aryl methyl sites for hydroxylation is 1. The second-order valence-electron chi connectivity index (χ2n) is 4.57. The zero-order chi connectivity index (χ0) is 15.5.